The highest BCUT2D eigenvalue weighted by Crippen LogP contribution is 2.37. The van der Waals surface area contributed by atoms with Crippen molar-refractivity contribution >= 4 is 56.5 Å². The SMILES string of the molecule is CC(C)(C)OCC(=O)N1CC[C@@H](C(=O)C2C(=O)c3ccc(S(=O)(=O)c4ccc5c(c4)C(=O)C(C(=O)[C@@H]4CCN(C(=O)OC(C)(C)C)C4)C5=O)cc3C2=O)C1. The van der Waals surface area contributed by atoms with Gasteiger partial charge in [0.1, 0.15) is 24.0 Å². The van der Waals surface area contributed by atoms with E-state index in [4.69, 9.17) is 9.47 Å². The van der Waals surface area contributed by atoms with E-state index in [1.54, 1.807) is 41.5 Å². The minimum atomic E-state index is -4.45. The summed E-state index contributed by atoms with van der Waals surface area (Å²) in [6.07, 6.45) is -0.135. The van der Waals surface area contributed by atoms with Gasteiger partial charge in [-0.25, -0.2) is 13.2 Å². The number of ether oxygens (including phenoxy) is 2. The average Bonchev–Trinajstić information content (AvgIpc) is 3.88. The fourth-order valence-corrected chi connectivity index (χ4v) is 8.59. The van der Waals surface area contributed by atoms with Gasteiger partial charge in [-0.1, -0.05) is 0 Å². The second-order valence-electron chi connectivity index (χ2n) is 16.2. The molecule has 6 rings (SSSR count). The summed E-state index contributed by atoms with van der Waals surface area (Å²) in [5, 5.41) is 0. The van der Waals surface area contributed by atoms with Crippen molar-refractivity contribution in [3.8, 4) is 0 Å². The van der Waals surface area contributed by atoms with Gasteiger partial charge in [-0.3, -0.25) is 33.6 Å². The average molecular weight is 763 g/mol. The van der Waals surface area contributed by atoms with Crippen LogP contribution in [0.5, 0.6) is 0 Å². The summed E-state index contributed by atoms with van der Waals surface area (Å²) in [6.45, 7) is 10.8. The number of ketones is 6. The number of carbonyl (C=O) groups is 8. The molecule has 15 heteroatoms. The van der Waals surface area contributed by atoms with Crippen LogP contribution >= 0.6 is 0 Å². The predicted octanol–water partition coefficient (Wildman–Crippen LogP) is 3.57. The minimum absolute atomic E-state index is 0.0232. The summed E-state index contributed by atoms with van der Waals surface area (Å²) < 4.78 is 38.6. The zero-order valence-electron chi connectivity index (χ0n) is 30.9. The van der Waals surface area contributed by atoms with Gasteiger partial charge in [0, 0.05) is 60.3 Å². The highest BCUT2D eigenvalue weighted by molar-refractivity contribution is 7.91. The van der Waals surface area contributed by atoms with E-state index in [2.05, 4.69) is 0 Å². The Morgan fingerprint density at radius 2 is 1.07 bits per heavy atom. The van der Waals surface area contributed by atoms with Crippen molar-refractivity contribution in [2.75, 3.05) is 32.8 Å². The number of carbonyl (C=O) groups excluding carboxylic acids is 8. The molecule has 0 bridgehead atoms. The van der Waals surface area contributed by atoms with Crippen LogP contribution in [-0.2, 0) is 33.7 Å². The first kappa shape index (κ1) is 38.8. The van der Waals surface area contributed by atoms with E-state index in [9.17, 15) is 46.8 Å². The Morgan fingerprint density at radius 3 is 1.52 bits per heavy atom. The van der Waals surface area contributed by atoms with Gasteiger partial charge in [0.25, 0.3) is 0 Å². The van der Waals surface area contributed by atoms with Crippen molar-refractivity contribution < 1.29 is 56.2 Å². The Balaban J connectivity index is 1.16. The standard InChI is InChI=1S/C39H42N2O12S/c1-38(2,3)52-19-28(42)40-13-11-20(17-40)31(43)29-33(45)24-9-7-22(15-26(24)35(29)47)54(50,51)23-8-10-25-27(16-23)36(48)30(34(25)46)32(44)21-12-14-41(18-21)37(49)53-39(4,5)6/h7-10,15-16,20-21,29-30H,11-14,17-19H2,1-6H3/t20-,21-,29?,30?/m1/s1. The van der Waals surface area contributed by atoms with Crippen LogP contribution in [0.4, 0.5) is 4.79 Å². The molecule has 54 heavy (non-hydrogen) atoms. The summed E-state index contributed by atoms with van der Waals surface area (Å²) in [5.74, 6) is -9.72. The highest BCUT2D eigenvalue weighted by Gasteiger charge is 2.49. The minimum Gasteiger partial charge on any atom is -0.444 e. The first-order valence-electron chi connectivity index (χ1n) is 17.8. The lowest BCUT2D eigenvalue weighted by molar-refractivity contribution is -0.140. The molecule has 2 aromatic carbocycles. The normalized spacial score (nSPS) is 22.9. The van der Waals surface area contributed by atoms with E-state index >= 15 is 0 Å². The van der Waals surface area contributed by atoms with E-state index in [1.807, 2.05) is 0 Å². The molecule has 2 heterocycles. The van der Waals surface area contributed by atoms with Crippen molar-refractivity contribution in [1.29, 1.82) is 0 Å². The largest absolute Gasteiger partial charge is 0.444 e. The molecule has 4 aliphatic rings. The molecule has 0 aromatic heterocycles. The van der Waals surface area contributed by atoms with Gasteiger partial charge >= 0.3 is 6.09 Å². The third-order valence-corrected chi connectivity index (χ3v) is 11.8. The van der Waals surface area contributed by atoms with E-state index in [-0.39, 0.29) is 83.6 Å². The number of Topliss-reactive ketones (excluding diaryl/α,β-unsaturated/α-hetero) is 6. The quantitative estimate of drug-likeness (QED) is 0.355. The number of amides is 2. The zero-order chi connectivity index (χ0) is 39.7. The molecule has 4 atom stereocenters. The predicted molar refractivity (Wildman–Crippen MR) is 189 cm³/mol. The molecular weight excluding hydrogens is 720 g/mol. The van der Waals surface area contributed by atoms with Crippen LogP contribution in [-0.4, -0.2) is 109 Å². The van der Waals surface area contributed by atoms with Gasteiger partial charge in [-0.2, -0.15) is 0 Å². The molecule has 0 spiro atoms. The summed E-state index contributed by atoms with van der Waals surface area (Å²) in [4.78, 5) is 108. The number of fused-ring (bicyclic) bond motifs is 2. The first-order chi connectivity index (χ1) is 25.1. The van der Waals surface area contributed by atoms with Crippen molar-refractivity contribution in [2.24, 2.45) is 23.7 Å². The van der Waals surface area contributed by atoms with E-state index in [1.165, 1.54) is 21.9 Å². The third-order valence-electron chi connectivity index (χ3n) is 10.1. The van der Waals surface area contributed by atoms with Crippen LogP contribution in [0.1, 0.15) is 95.8 Å². The summed E-state index contributed by atoms with van der Waals surface area (Å²) in [6, 6.07) is 6.63. The van der Waals surface area contributed by atoms with E-state index in [0.29, 0.717) is 0 Å². The molecule has 0 radical (unpaired) electrons. The number of nitrogens with zero attached hydrogens (tertiary/aromatic N) is 2. The van der Waals surface area contributed by atoms with E-state index in [0.717, 1.165) is 24.3 Å². The highest BCUT2D eigenvalue weighted by atomic mass is 32.2. The summed E-state index contributed by atoms with van der Waals surface area (Å²) in [7, 11) is -4.45. The fraction of sp³-hybridized carbons (Fsp3) is 0.487. The van der Waals surface area contributed by atoms with Gasteiger partial charge in [-0.15, -0.1) is 0 Å². The van der Waals surface area contributed by atoms with Gasteiger partial charge in [-0.05, 0) is 90.8 Å². The van der Waals surface area contributed by atoms with Crippen molar-refractivity contribution in [1.82, 2.24) is 9.80 Å². The molecule has 2 fully saturated rings. The first-order valence-corrected chi connectivity index (χ1v) is 19.2. The van der Waals surface area contributed by atoms with Crippen molar-refractivity contribution in [3.63, 3.8) is 0 Å². The number of hydrogen-bond acceptors (Lipinski definition) is 12. The molecule has 2 aliphatic heterocycles. The maximum Gasteiger partial charge on any atom is 0.410 e. The number of hydrogen-bond donors (Lipinski definition) is 0. The maximum absolute atomic E-state index is 13.8. The van der Waals surface area contributed by atoms with Gasteiger partial charge < -0.3 is 19.3 Å². The molecule has 286 valence electrons. The molecule has 2 saturated heterocycles. The van der Waals surface area contributed by atoms with Gasteiger partial charge in [0.05, 0.1) is 15.4 Å². The Morgan fingerprint density at radius 1 is 0.648 bits per heavy atom. The zero-order valence-corrected chi connectivity index (χ0v) is 31.7. The van der Waals surface area contributed by atoms with Crippen LogP contribution in [0.2, 0.25) is 0 Å². The Kier molecular flexibility index (Phi) is 9.89. The molecule has 14 nitrogen and oxygen atoms in total. The van der Waals surface area contributed by atoms with E-state index < -0.39 is 85.5 Å². The molecule has 2 aromatic rings. The van der Waals surface area contributed by atoms with Crippen molar-refractivity contribution in [2.45, 2.75) is 75.4 Å². The molecule has 2 amide bonds. The van der Waals surface area contributed by atoms with Crippen LogP contribution < -0.4 is 0 Å². The second-order valence-corrected chi connectivity index (χ2v) is 18.1. The molecule has 0 saturated carbocycles. The number of sulfone groups is 1. The lowest BCUT2D eigenvalue weighted by Gasteiger charge is -2.24. The molecule has 2 aliphatic carbocycles. The monoisotopic (exact) mass is 762 g/mol. The van der Waals surface area contributed by atoms with Crippen LogP contribution in [0.3, 0.4) is 0 Å². The number of likely N-dealkylation sites (tertiary alicyclic amines) is 2. The van der Waals surface area contributed by atoms with Crippen LogP contribution in [0, 0.1) is 23.7 Å². The third kappa shape index (κ3) is 7.18. The van der Waals surface area contributed by atoms with Crippen LogP contribution in [0.25, 0.3) is 0 Å². The maximum atomic E-state index is 13.8. The molecule has 0 N–H and O–H groups in total. The summed E-state index contributed by atoms with van der Waals surface area (Å²) >= 11 is 0. The van der Waals surface area contributed by atoms with Gasteiger partial charge in [0.2, 0.25) is 15.7 Å². The Hall–Kier alpha value is -4.89. The van der Waals surface area contributed by atoms with Gasteiger partial charge in [0.15, 0.2) is 34.7 Å². The molecule has 2 unspecified atom stereocenters. The lowest BCUT2D eigenvalue weighted by Crippen LogP contribution is -2.37. The second kappa shape index (κ2) is 13.8. The molecular formula is C39H42N2O12S. The Bertz CT molecular complexity index is 2140. The Labute approximate surface area is 312 Å². The number of rotatable bonds is 8. The number of benzene rings is 2. The van der Waals surface area contributed by atoms with Crippen molar-refractivity contribution in [3.05, 3.63) is 58.7 Å². The fourth-order valence-electron chi connectivity index (χ4n) is 7.28. The lowest BCUT2D eigenvalue weighted by atomic mass is 9.88. The topological polar surface area (TPSA) is 196 Å². The summed E-state index contributed by atoms with van der Waals surface area (Å²) in [5.41, 5.74) is -1.99. The smallest absolute Gasteiger partial charge is 0.410 e. The van der Waals surface area contributed by atoms with Crippen LogP contribution in [0.15, 0.2) is 46.2 Å².